The van der Waals surface area contributed by atoms with Crippen LogP contribution in [0.2, 0.25) is 0 Å². The molecule has 0 saturated carbocycles. The number of rotatable bonds is 2. The van der Waals surface area contributed by atoms with E-state index in [0.29, 0.717) is 5.65 Å². The molecule has 0 radical (unpaired) electrons. The van der Waals surface area contributed by atoms with E-state index in [1.807, 2.05) is 12.1 Å². The Balaban J connectivity index is 1.93. The van der Waals surface area contributed by atoms with E-state index in [9.17, 15) is 0 Å². The smallest absolute Gasteiger partial charge is 0.180 e. The van der Waals surface area contributed by atoms with Gasteiger partial charge in [-0.05, 0) is 26.0 Å². The van der Waals surface area contributed by atoms with Crippen LogP contribution in [0, 0.1) is 0 Å². The van der Waals surface area contributed by atoms with Crippen LogP contribution in [0.3, 0.4) is 0 Å². The fourth-order valence-corrected chi connectivity index (χ4v) is 2.91. The molecule has 1 unspecified atom stereocenters. The molecule has 1 fully saturated rings. The summed E-state index contributed by atoms with van der Waals surface area (Å²) in [5, 5.41) is 0.820. The quantitative estimate of drug-likeness (QED) is 0.788. The second kappa shape index (κ2) is 5.26. The average Bonchev–Trinajstić information content (AvgIpc) is 2.45. The zero-order valence-electron chi connectivity index (χ0n) is 11.6. The van der Waals surface area contributed by atoms with Gasteiger partial charge in [-0.1, -0.05) is 15.9 Å². The summed E-state index contributed by atoms with van der Waals surface area (Å²) in [6.45, 7) is 5.86. The van der Waals surface area contributed by atoms with Crippen molar-refractivity contribution in [3.63, 3.8) is 0 Å². The van der Waals surface area contributed by atoms with Crippen LogP contribution in [0.15, 0.2) is 24.5 Å². The predicted octanol–water partition coefficient (Wildman–Crippen LogP) is 2.40. The summed E-state index contributed by atoms with van der Waals surface area (Å²) in [6, 6.07) is 3.97. The maximum Gasteiger partial charge on any atom is 0.180 e. The summed E-state index contributed by atoms with van der Waals surface area (Å²) in [7, 11) is 0. The van der Waals surface area contributed by atoms with Gasteiger partial charge in [0.05, 0.1) is 11.7 Å². The first kappa shape index (κ1) is 13.7. The normalized spacial score (nSPS) is 22.1. The van der Waals surface area contributed by atoms with E-state index in [4.69, 9.17) is 4.74 Å². The van der Waals surface area contributed by atoms with Crippen molar-refractivity contribution in [2.24, 2.45) is 0 Å². The lowest BCUT2D eigenvalue weighted by molar-refractivity contribution is -0.0725. The minimum absolute atomic E-state index is 0.165. The van der Waals surface area contributed by atoms with Gasteiger partial charge in [-0.2, -0.15) is 0 Å². The molecular formula is C14H17BrN4O. The minimum atomic E-state index is -0.185. The molecule has 6 heteroatoms. The topological polar surface area (TPSA) is 51.1 Å². The molecular weight excluding hydrogens is 320 g/mol. The molecule has 3 rings (SSSR count). The third kappa shape index (κ3) is 2.76. The highest BCUT2D eigenvalue weighted by atomic mass is 79.9. The zero-order chi connectivity index (χ0) is 14.2. The van der Waals surface area contributed by atoms with E-state index in [1.54, 1.807) is 12.4 Å². The molecule has 2 aromatic heterocycles. The zero-order valence-corrected chi connectivity index (χ0v) is 13.2. The summed E-state index contributed by atoms with van der Waals surface area (Å²) in [5.74, 6) is 0.931. The molecule has 3 heterocycles. The molecule has 1 aliphatic rings. The molecule has 1 aliphatic heterocycles. The molecule has 106 valence electrons. The number of halogens is 1. The van der Waals surface area contributed by atoms with Gasteiger partial charge >= 0.3 is 0 Å². The molecule has 0 bridgehead atoms. The van der Waals surface area contributed by atoms with Gasteiger partial charge < -0.3 is 9.64 Å². The molecule has 0 N–H and O–H groups in total. The number of morpholine rings is 1. The Hall–Kier alpha value is -1.27. The van der Waals surface area contributed by atoms with Crippen molar-refractivity contribution in [1.29, 1.82) is 0 Å². The number of hydrogen-bond acceptors (Lipinski definition) is 5. The third-order valence-electron chi connectivity index (χ3n) is 3.29. The third-order valence-corrected chi connectivity index (χ3v) is 4.02. The van der Waals surface area contributed by atoms with Gasteiger partial charge in [0.15, 0.2) is 5.65 Å². The largest absolute Gasteiger partial charge is 0.368 e. The van der Waals surface area contributed by atoms with Gasteiger partial charge in [0, 0.05) is 30.8 Å². The van der Waals surface area contributed by atoms with Gasteiger partial charge in [0.25, 0.3) is 0 Å². The Labute approximate surface area is 126 Å². The van der Waals surface area contributed by atoms with Gasteiger partial charge in [-0.15, -0.1) is 0 Å². The van der Waals surface area contributed by atoms with E-state index >= 15 is 0 Å². The summed E-state index contributed by atoms with van der Waals surface area (Å²) in [6.07, 6.45) is 3.52. The van der Waals surface area contributed by atoms with Crippen LogP contribution in [0.25, 0.3) is 11.2 Å². The molecule has 5 nitrogen and oxygen atoms in total. The number of nitrogens with zero attached hydrogens (tertiary/aromatic N) is 4. The molecule has 0 aliphatic carbocycles. The molecule has 0 aromatic carbocycles. The molecule has 1 saturated heterocycles. The Kier molecular flexibility index (Phi) is 3.60. The van der Waals surface area contributed by atoms with Crippen LogP contribution >= 0.6 is 15.9 Å². The maximum absolute atomic E-state index is 6.02. The lowest BCUT2D eigenvalue weighted by Gasteiger charge is -2.42. The van der Waals surface area contributed by atoms with E-state index in [0.717, 1.165) is 29.8 Å². The summed E-state index contributed by atoms with van der Waals surface area (Å²) >= 11 is 3.51. The van der Waals surface area contributed by atoms with Crippen molar-refractivity contribution in [2.45, 2.75) is 25.6 Å². The highest BCUT2D eigenvalue weighted by Crippen LogP contribution is 2.26. The van der Waals surface area contributed by atoms with Crippen LogP contribution in [-0.2, 0) is 4.74 Å². The van der Waals surface area contributed by atoms with E-state index in [2.05, 4.69) is 49.6 Å². The predicted molar refractivity (Wildman–Crippen MR) is 82.3 cm³/mol. The van der Waals surface area contributed by atoms with Crippen LogP contribution in [0.5, 0.6) is 0 Å². The second-order valence-electron chi connectivity index (χ2n) is 5.60. The Bertz CT molecular complexity index is 619. The van der Waals surface area contributed by atoms with Crippen LogP contribution in [-0.4, -0.2) is 45.1 Å². The summed E-state index contributed by atoms with van der Waals surface area (Å²) < 4.78 is 6.02. The number of pyridine rings is 1. The molecule has 1 atom stereocenters. The van der Waals surface area contributed by atoms with Crippen LogP contribution in [0.1, 0.15) is 13.8 Å². The summed E-state index contributed by atoms with van der Waals surface area (Å²) in [5.41, 5.74) is 1.32. The SMILES string of the molecule is CC1(C)CN(c2ccc3nccnc3n2)CC(CBr)O1. The molecule has 20 heavy (non-hydrogen) atoms. The van der Waals surface area contributed by atoms with E-state index in [-0.39, 0.29) is 11.7 Å². The van der Waals surface area contributed by atoms with Gasteiger partial charge in [0.1, 0.15) is 11.3 Å². The highest BCUT2D eigenvalue weighted by molar-refractivity contribution is 9.09. The van der Waals surface area contributed by atoms with Crippen LogP contribution < -0.4 is 4.90 Å². The van der Waals surface area contributed by atoms with Crippen molar-refractivity contribution < 1.29 is 4.74 Å². The lowest BCUT2D eigenvalue weighted by atomic mass is 10.1. The first-order valence-electron chi connectivity index (χ1n) is 6.64. The van der Waals surface area contributed by atoms with Crippen molar-refractivity contribution >= 4 is 32.9 Å². The Morgan fingerprint density at radius 1 is 1.35 bits per heavy atom. The molecule has 2 aromatic rings. The first-order chi connectivity index (χ1) is 9.57. The van der Waals surface area contributed by atoms with Gasteiger partial charge in [0.2, 0.25) is 0 Å². The first-order valence-corrected chi connectivity index (χ1v) is 7.76. The molecule has 0 amide bonds. The number of aromatic nitrogens is 3. The monoisotopic (exact) mass is 336 g/mol. The fraction of sp³-hybridized carbons (Fsp3) is 0.500. The number of alkyl halides is 1. The minimum Gasteiger partial charge on any atom is -0.368 e. The standard InChI is InChI=1S/C14H17BrN4O/c1-14(2)9-19(8-10(7-15)20-14)12-4-3-11-13(18-12)17-6-5-16-11/h3-6,10H,7-9H2,1-2H3. The second-order valence-corrected chi connectivity index (χ2v) is 6.25. The molecule has 0 spiro atoms. The van der Waals surface area contributed by atoms with Gasteiger partial charge in [-0.3, -0.25) is 4.98 Å². The Morgan fingerprint density at radius 3 is 2.95 bits per heavy atom. The van der Waals surface area contributed by atoms with Crippen molar-refractivity contribution in [3.8, 4) is 0 Å². The van der Waals surface area contributed by atoms with Crippen LogP contribution in [0.4, 0.5) is 5.82 Å². The average molecular weight is 337 g/mol. The van der Waals surface area contributed by atoms with Crippen molar-refractivity contribution in [2.75, 3.05) is 23.3 Å². The number of fused-ring (bicyclic) bond motifs is 1. The lowest BCUT2D eigenvalue weighted by Crippen LogP contribution is -2.53. The van der Waals surface area contributed by atoms with Crippen molar-refractivity contribution in [1.82, 2.24) is 15.0 Å². The van der Waals surface area contributed by atoms with E-state index < -0.39 is 0 Å². The number of anilines is 1. The maximum atomic E-state index is 6.02. The summed E-state index contributed by atoms with van der Waals surface area (Å²) in [4.78, 5) is 15.4. The Morgan fingerprint density at radius 2 is 2.15 bits per heavy atom. The highest BCUT2D eigenvalue weighted by Gasteiger charge is 2.33. The number of hydrogen-bond donors (Lipinski definition) is 0. The van der Waals surface area contributed by atoms with E-state index in [1.165, 1.54) is 0 Å². The van der Waals surface area contributed by atoms with Gasteiger partial charge in [-0.25, -0.2) is 9.97 Å². The van der Waals surface area contributed by atoms with Crippen molar-refractivity contribution in [3.05, 3.63) is 24.5 Å². The fourth-order valence-electron chi connectivity index (χ4n) is 2.57. The number of ether oxygens (including phenoxy) is 1.